The number of hydrazine groups is 1. The topological polar surface area (TPSA) is 220 Å². The highest BCUT2D eigenvalue weighted by Gasteiger charge is 2.61. The number of carbonyl (C=O) groups is 6. The predicted octanol–water partition coefficient (Wildman–Crippen LogP) is 10.2. The van der Waals surface area contributed by atoms with Gasteiger partial charge >= 0.3 is 12.1 Å². The molecule has 0 unspecified atom stereocenters. The van der Waals surface area contributed by atoms with Gasteiger partial charge in [-0.25, -0.2) is 15.2 Å². The summed E-state index contributed by atoms with van der Waals surface area (Å²) in [5.41, 5.74) is 4.91. The van der Waals surface area contributed by atoms with E-state index in [0.717, 1.165) is 47.2 Å². The lowest BCUT2D eigenvalue weighted by Gasteiger charge is -2.47. The number of hydrogen-bond acceptors (Lipinski definition) is 16. The number of halogens is 1. The Labute approximate surface area is 492 Å². The number of cyclic esters (lactones) is 1. The number of fused-ring (bicyclic) bond motifs is 3. The van der Waals surface area contributed by atoms with Crippen LogP contribution in [0.2, 0.25) is 5.02 Å². The number of rotatable bonds is 12. The van der Waals surface area contributed by atoms with Crippen molar-refractivity contribution in [3.05, 3.63) is 118 Å². The Hall–Kier alpha value is -5.92. The second-order valence-electron chi connectivity index (χ2n) is 24.1. The van der Waals surface area contributed by atoms with Gasteiger partial charge in [-0.2, -0.15) is 0 Å². The first-order valence-electron chi connectivity index (χ1n) is 29.4. The average Bonchev–Trinajstić information content (AvgIpc) is 2.49. The molecule has 18 heteroatoms. The lowest BCUT2D eigenvalue weighted by atomic mass is 9.72. The Morgan fingerprint density at radius 3 is 2.14 bits per heavy atom. The third kappa shape index (κ3) is 13.2. The second kappa shape index (κ2) is 26.6. The number of ketones is 4. The van der Waals surface area contributed by atoms with Crippen LogP contribution in [-0.2, 0) is 49.3 Å². The molecule has 1 saturated carbocycles. The number of nitrogens with zero attached hydrogens (tertiary/aromatic N) is 3. The molecular formula is C65H83ClN4O13. The summed E-state index contributed by atoms with van der Waals surface area (Å²) in [6.45, 7) is 14.3. The van der Waals surface area contributed by atoms with Gasteiger partial charge in [0.25, 0.3) is 0 Å². The molecule has 3 aliphatic heterocycles. The molecule has 4 fully saturated rings. The number of Topliss-reactive ketones (excluding diaryl/α,β-unsaturated/α-hetero) is 4. The van der Waals surface area contributed by atoms with E-state index in [0.29, 0.717) is 48.4 Å². The van der Waals surface area contributed by atoms with Crippen LogP contribution in [0.5, 0.6) is 0 Å². The first-order chi connectivity index (χ1) is 39.4. The number of methoxy groups -OCH3 is 1. The summed E-state index contributed by atoms with van der Waals surface area (Å²) in [5, 5.41) is 25.3. The molecule has 4 aromatic rings. The molecule has 1 aromatic heterocycles. The molecule has 5 aliphatic rings. The van der Waals surface area contributed by atoms with E-state index in [9.17, 15) is 39.0 Å². The van der Waals surface area contributed by atoms with Crippen molar-refractivity contribution >= 4 is 63.5 Å². The van der Waals surface area contributed by atoms with Crippen LogP contribution < -0.4 is 5.43 Å². The van der Waals surface area contributed by atoms with E-state index in [4.69, 9.17) is 35.3 Å². The summed E-state index contributed by atoms with van der Waals surface area (Å²) in [5.74, 6) is -5.79. The van der Waals surface area contributed by atoms with E-state index in [2.05, 4.69) is 22.5 Å². The molecule has 3 aromatic carbocycles. The number of amides is 1. The Morgan fingerprint density at radius 2 is 1.48 bits per heavy atom. The van der Waals surface area contributed by atoms with Crippen molar-refractivity contribution in [3.63, 3.8) is 0 Å². The Kier molecular flexibility index (Phi) is 20.2. The maximum absolute atomic E-state index is 14.7. The number of aliphatic hydroxyl groups is 2. The van der Waals surface area contributed by atoms with Crippen LogP contribution in [0, 0.1) is 29.6 Å². The van der Waals surface area contributed by atoms with Crippen LogP contribution in [0.3, 0.4) is 0 Å². The van der Waals surface area contributed by atoms with E-state index >= 15 is 0 Å². The van der Waals surface area contributed by atoms with Crippen LogP contribution in [0.25, 0.3) is 16.7 Å². The highest BCUT2D eigenvalue weighted by atomic mass is 35.5. The Morgan fingerprint density at radius 1 is 0.831 bits per heavy atom. The van der Waals surface area contributed by atoms with Gasteiger partial charge in [-0.3, -0.25) is 29.0 Å². The number of para-hydroxylation sites is 1. The van der Waals surface area contributed by atoms with Crippen molar-refractivity contribution in [2.45, 2.75) is 173 Å². The number of carbonyl (C=O) groups excluding carboxylic acids is 6. The van der Waals surface area contributed by atoms with E-state index < -0.39 is 94.9 Å². The van der Waals surface area contributed by atoms with Crippen LogP contribution in [0.1, 0.15) is 140 Å². The lowest BCUT2D eigenvalue weighted by molar-refractivity contribution is -0.295. The van der Waals surface area contributed by atoms with Gasteiger partial charge in [0, 0.05) is 70.8 Å². The van der Waals surface area contributed by atoms with E-state index in [1.54, 1.807) is 65.1 Å². The summed E-state index contributed by atoms with van der Waals surface area (Å²) in [6, 6.07) is 23.4. The van der Waals surface area contributed by atoms with Gasteiger partial charge in [0.15, 0.2) is 17.7 Å². The molecule has 0 bridgehead atoms. The number of nitrogens with one attached hydrogen (secondary N) is 1. The molecule has 1 amide bonds. The zero-order valence-corrected chi connectivity index (χ0v) is 50.5. The van der Waals surface area contributed by atoms with Crippen molar-refractivity contribution in [3.8, 4) is 0 Å². The number of aryl methyl sites for hydroxylation is 1. The van der Waals surface area contributed by atoms with Crippen molar-refractivity contribution in [1.82, 2.24) is 20.3 Å². The fourth-order valence-corrected chi connectivity index (χ4v) is 13.7. The van der Waals surface area contributed by atoms with Crippen molar-refractivity contribution < 1.29 is 62.7 Å². The van der Waals surface area contributed by atoms with Gasteiger partial charge in [0.1, 0.15) is 35.7 Å². The smallest absolute Gasteiger partial charge is 0.425 e. The number of likely N-dealkylation sites (N-methyl/N-ethyl adjacent to an activating group) is 1. The number of hydrogen-bond donors (Lipinski definition) is 3. The molecular weight excluding hydrogens is 1080 g/mol. The first-order valence-corrected chi connectivity index (χ1v) is 29.8. The summed E-state index contributed by atoms with van der Waals surface area (Å²) in [7, 11) is 5.23. The predicted molar refractivity (Wildman–Crippen MR) is 314 cm³/mol. The van der Waals surface area contributed by atoms with Crippen LogP contribution in [-0.4, -0.2) is 142 Å². The van der Waals surface area contributed by atoms with Gasteiger partial charge in [-0.1, -0.05) is 93.9 Å². The fourth-order valence-electron chi connectivity index (χ4n) is 13.6. The molecule has 0 radical (unpaired) electrons. The lowest BCUT2D eigenvalue weighted by Crippen LogP contribution is -2.61. The maximum atomic E-state index is 14.7. The molecule has 17 nitrogen and oxygen atoms in total. The summed E-state index contributed by atoms with van der Waals surface area (Å²) >= 11 is 5.96. The van der Waals surface area contributed by atoms with Crippen molar-refractivity contribution in [2.75, 3.05) is 27.7 Å². The minimum Gasteiger partial charge on any atom is -0.507 e. The fraction of sp³-hybridized carbons (Fsp3) is 0.554. The number of ether oxygens (including phenoxy) is 5. The molecule has 3 N–H and O–H groups in total. The van der Waals surface area contributed by atoms with Crippen LogP contribution in [0.15, 0.2) is 90.6 Å². The minimum absolute atomic E-state index is 0.0138. The number of pyridine rings is 1. The van der Waals surface area contributed by atoms with Gasteiger partial charge in [-0.05, 0) is 147 Å². The van der Waals surface area contributed by atoms with Gasteiger partial charge in [0.05, 0.1) is 23.3 Å². The quantitative estimate of drug-likeness (QED) is 0.0520. The first kappa shape index (κ1) is 63.1. The molecule has 13 atom stereocenters. The number of aromatic nitrogens is 1. The number of benzene rings is 3. The summed E-state index contributed by atoms with van der Waals surface area (Å²) in [4.78, 5) is 88.2. The minimum atomic E-state index is -1.45. The molecule has 0 spiro atoms. The molecule has 83 heavy (non-hydrogen) atoms. The monoisotopic (exact) mass is 1160 g/mol. The summed E-state index contributed by atoms with van der Waals surface area (Å²) < 4.78 is 31.1. The average molecular weight is 1160 g/mol. The van der Waals surface area contributed by atoms with Crippen molar-refractivity contribution in [1.29, 1.82) is 0 Å². The van der Waals surface area contributed by atoms with Gasteiger partial charge in [0.2, 0.25) is 11.6 Å². The molecule has 3 saturated heterocycles. The molecule has 4 heterocycles. The number of esters is 1. The number of allylic oxidation sites excluding steroid dienone is 1. The van der Waals surface area contributed by atoms with E-state index in [1.807, 2.05) is 75.3 Å². The number of aliphatic hydroxyl groups excluding tert-OH is 2. The van der Waals surface area contributed by atoms with Crippen LogP contribution in [0.4, 0.5) is 4.79 Å². The Bertz CT molecular complexity index is 3050. The SMILES string of the molecule is CC[C@@H]1OC(=O)[C@H](C)C(=O)[C@H](C)[C@@H](O[C@@H]2O[C@H](C)C[C@H](N(C)C)[C@H]2O)[C@](C)(OC)C[C@@H](C)C(=O)[C@@H](C)[C@H]2N(NCCCc3ccnc4ccccc34)C(=O)O[C@]12C.O=C1C(=O)c2ccccc2C(O)=C1C1CCC(c2ccc(Cl)cc2)CC1. The molecule has 2 aliphatic carbocycles. The summed E-state index contributed by atoms with van der Waals surface area (Å²) in [6.07, 6.45) is 2.35. The Balaban J connectivity index is 0.000000285. The zero-order valence-electron chi connectivity index (χ0n) is 49.8. The normalized spacial score (nSPS) is 32.8. The largest absolute Gasteiger partial charge is 0.507 e. The van der Waals surface area contributed by atoms with Crippen LogP contribution >= 0.6 is 11.6 Å². The maximum Gasteiger partial charge on any atom is 0.425 e. The second-order valence-corrected chi connectivity index (χ2v) is 24.6. The highest BCUT2D eigenvalue weighted by molar-refractivity contribution is 6.52. The highest BCUT2D eigenvalue weighted by Crippen LogP contribution is 2.45. The third-order valence-corrected chi connectivity index (χ3v) is 18.6. The third-order valence-electron chi connectivity index (χ3n) is 18.3. The van der Waals surface area contributed by atoms with E-state index in [-0.39, 0.29) is 42.4 Å². The van der Waals surface area contributed by atoms with Gasteiger partial charge < -0.3 is 38.8 Å². The van der Waals surface area contributed by atoms with Gasteiger partial charge in [-0.15, -0.1) is 0 Å². The van der Waals surface area contributed by atoms with E-state index in [1.165, 1.54) is 24.6 Å². The molecule has 448 valence electrons. The zero-order chi connectivity index (χ0) is 60.2. The standard InChI is InChI=1S/C43H64N4O10.C22H19ClO3/c1-12-33-43(8)37(47(41(52)57-43)45-20-15-16-29-19-21-44-31-18-14-13-17-30(29)31)26(4)34(48)24(2)23-42(7,53-11)38(27(5)35(49)28(6)39(51)55-33)56-40-36(50)32(46(9)10)22-25(3)54-40;23-16-11-9-14(10-12-16)13-5-7-15(8-6-13)19-20(24)17-3-1-2-4-18(17)21(25)22(19)26/h13-14,17-19,21,24-28,32-33,36-38,40,45,50H,12,15-16,20,22-23H2,1-11H3;1-4,9-13,15,24H,5-8H2/t24-,25-,26-,27+,28-,32+,33+,36-,37-,38-,40+,42-,43-;/m1./s1. The van der Waals surface area contributed by atoms with Crippen molar-refractivity contribution in [2.24, 2.45) is 29.6 Å². The molecule has 9 rings (SSSR count).